The van der Waals surface area contributed by atoms with Crippen molar-refractivity contribution in [1.29, 1.82) is 0 Å². The molecule has 3 rings (SSSR count). The largest absolute Gasteiger partial charge is 0.375 e. The van der Waals surface area contributed by atoms with Crippen molar-refractivity contribution in [3.05, 3.63) is 35.9 Å². The highest BCUT2D eigenvalue weighted by Gasteiger charge is 2.54. The standard InChI is InChI=1S/C21H30F2N2O2/c1-15(24)13-16-8-11-25(12-9-16)19(26)21(27,17-5-3-2-4-6-17)18-7-10-20(22,23)14-18/h2-6,15-16,18,27H,7-14,24H2,1H3/t15?,18-,21+/m1/s1. The van der Waals surface area contributed by atoms with Gasteiger partial charge in [0.2, 0.25) is 5.92 Å². The van der Waals surface area contributed by atoms with E-state index in [0.717, 1.165) is 19.3 Å². The number of hydrogen-bond donors (Lipinski definition) is 2. The number of piperidine rings is 1. The summed E-state index contributed by atoms with van der Waals surface area (Å²) in [5, 5.41) is 11.5. The van der Waals surface area contributed by atoms with Gasteiger partial charge >= 0.3 is 0 Å². The number of amides is 1. The van der Waals surface area contributed by atoms with Crippen molar-refractivity contribution in [3.8, 4) is 0 Å². The molecule has 6 heteroatoms. The van der Waals surface area contributed by atoms with Gasteiger partial charge in [-0.25, -0.2) is 8.78 Å². The molecule has 1 heterocycles. The molecule has 0 radical (unpaired) electrons. The van der Waals surface area contributed by atoms with E-state index in [2.05, 4.69) is 0 Å². The Morgan fingerprint density at radius 2 is 1.93 bits per heavy atom. The quantitative estimate of drug-likeness (QED) is 0.824. The molecule has 1 saturated carbocycles. The van der Waals surface area contributed by atoms with Crippen molar-refractivity contribution in [2.24, 2.45) is 17.6 Å². The molecule has 0 spiro atoms. The first kappa shape index (κ1) is 20.2. The number of alkyl halides is 2. The number of carbonyl (C=O) groups excluding carboxylic acids is 1. The molecule has 3 N–H and O–H groups in total. The van der Waals surface area contributed by atoms with Gasteiger partial charge in [-0.3, -0.25) is 4.79 Å². The summed E-state index contributed by atoms with van der Waals surface area (Å²) in [4.78, 5) is 15.0. The highest BCUT2D eigenvalue weighted by Crippen LogP contribution is 2.48. The van der Waals surface area contributed by atoms with Crippen LogP contribution >= 0.6 is 0 Å². The van der Waals surface area contributed by atoms with Crippen LogP contribution in [0.5, 0.6) is 0 Å². The van der Waals surface area contributed by atoms with Gasteiger partial charge in [-0.15, -0.1) is 0 Å². The van der Waals surface area contributed by atoms with Gasteiger partial charge in [0.25, 0.3) is 5.91 Å². The zero-order valence-corrected chi connectivity index (χ0v) is 15.9. The van der Waals surface area contributed by atoms with E-state index in [9.17, 15) is 18.7 Å². The molecule has 1 saturated heterocycles. The van der Waals surface area contributed by atoms with Gasteiger partial charge in [0.05, 0.1) is 0 Å². The van der Waals surface area contributed by atoms with Crippen LogP contribution in [0, 0.1) is 11.8 Å². The second-order valence-electron chi connectivity index (χ2n) is 8.38. The molecule has 1 amide bonds. The van der Waals surface area contributed by atoms with Gasteiger partial charge in [-0.05, 0) is 44.1 Å². The highest BCUT2D eigenvalue weighted by atomic mass is 19.3. The molecule has 150 valence electrons. The Hall–Kier alpha value is -1.53. The number of hydrogen-bond acceptors (Lipinski definition) is 3. The van der Waals surface area contributed by atoms with Gasteiger partial charge in [0.15, 0.2) is 5.60 Å². The van der Waals surface area contributed by atoms with Crippen LogP contribution in [0.25, 0.3) is 0 Å². The first-order valence-corrected chi connectivity index (χ1v) is 9.93. The third-order valence-corrected chi connectivity index (χ3v) is 6.14. The average Bonchev–Trinajstić information content (AvgIpc) is 3.01. The molecule has 0 aromatic heterocycles. The number of aliphatic hydroxyl groups is 1. The van der Waals surface area contributed by atoms with E-state index in [4.69, 9.17) is 5.73 Å². The van der Waals surface area contributed by atoms with Crippen LogP contribution in [-0.2, 0) is 10.4 Å². The summed E-state index contributed by atoms with van der Waals surface area (Å²) in [6.07, 6.45) is 1.99. The average molecular weight is 380 g/mol. The SMILES string of the molecule is CC(N)CC1CCN(C(=O)[C@](O)(c2ccccc2)[C@@H]2CCC(F)(F)C2)CC1. The fourth-order valence-corrected chi connectivity index (χ4v) is 4.67. The molecule has 1 aromatic carbocycles. The molecule has 4 nitrogen and oxygen atoms in total. The molecule has 1 aliphatic carbocycles. The smallest absolute Gasteiger partial charge is 0.259 e. The number of benzene rings is 1. The lowest BCUT2D eigenvalue weighted by atomic mass is 9.78. The molecule has 1 unspecified atom stereocenters. The second kappa shape index (κ2) is 7.84. The normalized spacial score (nSPS) is 26.6. The summed E-state index contributed by atoms with van der Waals surface area (Å²) in [5.74, 6) is -3.56. The molecule has 1 aromatic rings. The summed E-state index contributed by atoms with van der Waals surface area (Å²) in [6, 6.07) is 8.70. The number of likely N-dealkylation sites (tertiary alicyclic amines) is 1. The predicted octanol–water partition coefficient (Wildman–Crippen LogP) is 3.29. The Bertz CT molecular complexity index is 645. The van der Waals surface area contributed by atoms with Gasteiger partial charge in [0, 0.05) is 37.9 Å². The number of carbonyl (C=O) groups is 1. The van der Waals surface area contributed by atoms with Crippen LogP contribution in [0.1, 0.15) is 51.0 Å². The summed E-state index contributed by atoms with van der Waals surface area (Å²) in [5.41, 5.74) is 4.40. The molecule has 2 fully saturated rings. The minimum atomic E-state index is -2.82. The topological polar surface area (TPSA) is 66.6 Å². The lowest BCUT2D eigenvalue weighted by Crippen LogP contribution is -2.53. The van der Waals surface area contributed by atoms with Crippen molar-refractivity contribution in [2.45, 2.75) is 63.0 Å². The predicted molar refractivity (Wildman–Crippen MR) is 100 cm³/mol. The first-order chi connectivity index (χ1) is 12.7. The van der Waals surface area contributed by atoms with Crippen LogP contribution in [0.3, 0.4) is 0 Å². The third-order valence-electron chi connectivity index (χ3n) is 6.14. The van der Waals surface area contributed by atoms with Crippen molar-refractivity contribution >= 4 is 5.91 Å². The van der Waals surface area contributed by atoms with E-state index in [0.29, 0.717) is 24.6 Å². The van der Waals surface area contributed by atoms with Crippen molar-refractivity contribution < 1.29 is 18.7 Å². The summed E-state index contributed by atoms with van der Waals surface area (Å²) >= 11 is 0. The van der Waals surface area contributed by atoms with E-state index in [1.807, 2.05) is 6.92 Å². The summed E-state index contributed by atoms with van der Waals surface area (Å²) in [6.45, 7) is 3.05. The van der Waals surface area contributed by atoms with Gasteiger partial charge in [-0.1, -0.05) is 30.3 Å². The lowest BCUT2D eigenvalue weighted by molar-refractivity contribution is -0.162. The van der Waals surface area contributed by atoms with Crippen molar-refractivity contribution in [3.63, 3.8) is 0 Å². The molecular formula is C21H30F2N2O2. The molecule has 1 aliphatic heterocycles. The van der Waals surface area contributed by atoms with Gasteiger partial charge in [0.1, 0.15) is 0 Å². The maximum absolute atomic E-state index is 13.9. The summed E-state index contributed by atoms with van der Waals surface area (Å²) < 4.78 is 27.7. The van der Waals surface area contributed by atoms with E-state index < -0.39 is 29.8 Å². The van der Waals surface area contributed by atoms with E-state index in [-0.39, 0.29) is 18.9 Å². The van der Waals surface area contributed by atoms with Crippen LogP contribution in [0.4, 0.5) is 8.78 Å². The van der Waals surface area contributed by atoms with Crippen LogP contribution in [-0.4, -0.2) is 41.0 Å². The third kappa shape index (κ3) is 4.32. The number of nitrogens with zero attached hydrogens (tertiary/aromatic N) is 1. The van der Waals surface area contributed by atoms with Crippen LogP contribution in [0.15, 0.2) is 30.3 Å². The van der Waals surface area contributed by atoms with E-state index in [1.165, 1.54) is 0 Å². The molecule has 3 atom stereocenters. The first-order valence-electron chi connectivity index (χ1n) is 9.93. The maximum atomic E-state index is 13.9. The van der Waals surface area contributed by atoms with Gasteiger partial charge in [-0.2, -0.15) is 0 Å². The second-order valence-corrected chi connectivity index (χ2v) is 8.38. The monoisotopic (exact) mass is 380 g/mol. The number of rotatable bonds is 5. The zero-order valence-electron chi connectivity index (χ0n) is 15.9. The maximum Gasteiger partial charge on any atom is 0.259 e. The number of halogens is 2. The van der Waals surface area contributed by atoms with Crippen LogP contribution in [0.2, 0.25) is 0 Å². The minimum absolute atomic E-state index is 0.124. The molecular weight excluding hydrogens is 350 g/mol. The summed E-state index contributed by atoms with van der Waals surface area (Å²) in [7, 11) is 0. The van der Waals surface area contributed by atoms with Crippen LogP contribution < -0.4 is 5.73 Å². The molecule has 2 aliphatic rings. The van der Waals surface area contributed by atoms with E-state index in [1.54, 1.807) is 35.2 Å². The Morgan fingerprint density at radius 1 is 1.30 bits per heavy atom. The van der Waals surface area contributed by atoms with Crippen molar-refractivity contribution in [2.75, 3.05) is 13.1 Å². The Balaban J connectivity index is 1.81. The fourth-order valence-electron chi connectivity index (χ4n) is 4.67. The lowest BCUT2D eigenvalue weighted by Gasteiger charge is -2.40. The molecule has 27 heavy (non-hydrogen) atoms. The van der Waals surface area contributed by atoms with Gasteiger partial charge < -0.3 is 15.7 Å². The van der Waals surface area contributed by atoms with Crippen molar-refractivity contribution in [1.82, 2.24) is 4.90 Å². The highest BCUT2D eigenvalue weighted by molar-refractivity contribution is 5.87. The Morgan fingerprint density at radius 3 is 2.44 bits per heavy atom. The Kier molecular flexibility index (Phi) is 5.87. The molecule has 0 bridgehead atoms. The van der Waals surface area contributed by atoms with E-state index >= 15 is 0 Å². The number of nitrogens with two attached hydrogens (primary N) is 1. The zero-order chi connectivity index (χ0) is 19.7. The minimum Gasteiger partial charge on any atom is -0.375 e. The fraction of sp³-hybridized carbons (Fsp3) is 0.667. The Labute approximate surface area is 159 Å².